The zero-order valence-electron chi connectivity index (χ0n) is 13.8. The molecular formula is C17H23N3O3S. The van der Waals surface area contributed by atoms with Crippen molar-refractivity contribution in [1.82, 2.24) is 14.2 Å². The molecule has 0 atom stereocenters. The maximum atomic E-state index is 12.4. The third-order valence-corrected chi connectivity index (χ3v) is 6.09. The maximum absolute atomic E-state index is 12.4. The van der Waals surface area contributed by atoms with E-state index >= 15 is 0 Å². The Morgan fingerprint density at radius 1 is 1.21 bits per heavy atom. The zero-order chi connectivity index (χ0) is 17.0. The molecular weight excluding hydrogens is 326 g/mol. The molecule has 3 rings (SSSR count). The quantitative estimate of drug-likeness (QED) is 0.870. The fourth-order valence-corrected chi connectivity index (χ4v) is 4.18. The van der Waals surface area contributed by atoms with Crippen molar-refractivity contribution in [2.45, 2.75) is 44.7 Å². The molecule has 0 saturated heterocycles. The van der Waals surface area contributed by atoms with E-state index in [-0.39, 0.29) is 12.6 Å². The van der Waals surface area contributed by atoms with Crippen LogP contribution in [0.15, 0.2) is 40.9 Å². The van der Waals surface area contributed by atoms with E-state index in [0.717, 1.165) is 31.2 Å². The molecule has 1 N–H and O–H groups in total. The summed E-state index contributed by atoms with van der Waals surface area (Å²) in [6.45, 7) is 0.121. The van der Waals surface area contributed by atoms with Gasteiger partial charge >= 0.3 is 0 Å². The molecule has 1 saturated carbocycles. The Kier molecular flexibility index (Phi) is 5.33. The van der Waals surface area contributed by atoms with Gasteiger partial charge in [-0.05, 0) is 12.8 Å². The van der Waals surface area contributed by atoms with Gasteiger partial charge in [0.05, 0.1) is 12.2 Å². The minimum absolute atomic E-state index is 0.0911. The van der Waals surface area contributed by atoms with Crippen LogP contribution in [0.2, 0.25) is 0 Å². The van der Waals surface area contributed by atoms with Crippen LogP contribution in [0, 0.1) is 0 Å². The molecule has 1 aliphatic rings. The third-order valence-electron chi connectivity index (χ3n) is 4.52. The van der Waals surface area contributed by atoms with Crippen LogP contribution in [-0.4, -0.2) is 31.0 Å². The molecule has 0 bridgehead atoms. The summed E-state index contributed by atoms with van der Waals surface area (Å²) in [5, 5.41) is 3.95. The summed E-state index contributed by atoms with van der Waals surface area (Å²) < 4.78 is 34.2. The van der Waals surface area contributed by atoms with Gasteiger partial charge in [-0.1, -0.05) is 54.8 Å². The van der Waals surface area contributed by atoms with Crippen molar-refractivity contribution in [3.63, 3.8) is 0 Å². The number of hydrogen-bond acceptors (Lipinski definition) is 4. The topological polar surface area (TPSA) is 75.4 Å². The van der Waals surface area contributed by atoms with E-state index in [4.69, 9.17) is 4.52 Å². The maximum Gasteiger partial charge on any atom is 0.279 e. The van der Waals surface area contributed by atoms with Crippen molar-refractivity contribution in [3.8, 4) is 11.3 Å². The van der Waals surface area contributed by atoms with Crippen molar-refractivity contribution in [2.24, 2.45) is 0 Å². The largest absolute Gasteiger partial charge is 0.356 e. The Bertz CT molecular complexity index is 752. The highest BCUT2D eigenvalue weighted by Gasteiger charge is 2.27. The lowest BCUT2D eigenvalue weighted by Gasteiger charge is -2.30. The summed E-state index contributed by atoms with van der Waals surface area (Å²) >= 11 is 0. The average molecular weight is 349 g/mol. The van der Waals surface area contributed by atoms with Crippen molar-refractivity contribution in [3.05, 3.63) is 42.1 Å². The van der Waals surface area contributed by atoms with Crippen LogP contribution in [0.4, 0.5) is 0 Å². The van der Waals surface area contributed by atoms with Crippen molar-refractivity contribution < 1.29 is 12.9 Å². The molecule has 7 heteroatoms. The van der Waals surface area contributed by atoms with Gasteiger partial charge in [0, 0.05) is 24.7 Å². The summed E-state index contributed by atoms with van der Waals surface area (Å²) in [6, 6.07) is 11.5. The Morgan fingerprint density at radius 3 is 2.62 bits per heavy atom. The van der Waals surface area contributed by atoms with Gasteiger partial charge in [-0.3, -0.25) is 0 Å². The highest BCUT2D eigenvalue weighted by molar-refractivity contribution is 7.87. The first-order valence-corrected chi connectivity index (χ1v) is 9.74. The standard InChI is InChI=1S/C17H23N3O3S/c1-20(16-10-6-3-7-11-16)24(21,22)18-13-15-12-17(23-19-15)14-8-4-2-5-9-14/h2,4-5,8-9,12,16,18H,3,6-7,10-11,13H2,1H3. The van der Waals surface area contributed by atoms with Crippen LogP contribution in [0.1, 0.15) is 37.8 Å². The second kappa shape index (κ2) is 7.46. The fraction of sp³-hybridized carbons (Fsp3) is 0.471. The van der Waals surface area contributed by atoms with Crippen LogP contribution >= 0.6 is 0 Å². The number of rotatable bonds is 6. The third kappa shape index (κ3) is 4.03. The molecule has 0 radical (unpaired) electrons. The Hall–Kier alpha value is -1.70. The molecule has 0 aliphatic heterocycles. The molecule has 1 aromatic carbocycles. The Labute approximate surface area is 143 Å². The second-order valence-corrected chi connectivity index (χ2v) is 8.00. The lowest BCUT2D eigenvalue weighted by Crippen LogP contribution is -2.44. The van der Waals surface area contributed by atoms with E-state index in [1.807, 2.05) is 30.3 Å². The van der Waals surface area contributed by atoms with Gasteiger partial charge in [-0.25, -0.2) is 0 Å². The lowest BCUT2D eigenvalue weighted by atomic mass is 9.96. The summed E-state index contributed by atoms with van der Waals surface area (Å²) in [7, 11) is -1.86. The van der Waals surface area contributed by atoms with Crippen LogP contribution in [0.3, 0.4) is 0 Å². The van der Waals surface area contributed by atoms with Gasteiger partial charge in [0.15, 0.2) is 5.76 Å². The predicted molar refractivity (Wildman–Crippen MR) is 92.3 cm³/mol. The monoisotopic (exact) mass is 349 g/mol. The zero-order valence-corrected chi connectivity index (χ0v) is 14.6. The molecule has 1 aliphatic carbocycles. The van der Waals surface area contributed by atoms with Crippen molar-refractivity contribution in [1.29, 1.82) is 0 Å². The first kappa shape index (κ1) is 17.1. The summed E-state index contributed by atoms with van der Waals surface area (Å²) in [5.74, 6) is 0.630. The van der Waals surface area contributed by atoms with E-state index < -0.39 is 10.2 Å². The van der Waals surface area contributed by atoms with Crippen molar-refractivity contribution in [2.75, 3.05) is 7.05 Å². The normalized spacial score (nSPS) is 16.6. The van der Waals surface area contributed by atoms with Gasteiger partial charge in [0.25, 0.3) is 10.2 Å². The molecule has 6 nitrogen and oxygen atoms in total. The van der Waals surface area contributed by atoms with Crippen LogP contribution in [0.5, 0.6) is 0 Å². The SMILES string of the molecule is CN(C1CCCCC1)S(=O)(=O)NCc1cc(-c2ccccc2)on1. The van der Waals surface area contributed by atoms with Gasteiger partial charge in [0.1, 0.15) is 0 Å². The molecule has 2 aromatic rings. The minimum atomic E-state index is -3.51. The number of hydrogen-bond donors (Lipinski definition) is 1. The van der Waals surface area contributed by atoms with Crippen LogP contribution < -0.4 is 4.72 Å². The molecule has 0 spiro atoms. The van der Waals surface area contributed by atoms with E-state index in [1.54, 1.807) is 13.1 Å². The molecule has 1 fully saturated rings. The second-order valence-electron chi connectivity index (χ2n) is 6.18. The predicted octanol–water partition coefficient (Wildman–Crippen LogP) is 2.94. The average Bonchev–Trinajstić information content (AvgIpc) is 3.10. The summed E-state index contributed by atoms with van der Waals surface area (Å²) in [4.78, 5) is 0. The molecule has 1 aromatic heterocycles. The van der Waals surface area contributed by atoms with Gasteiger partial charge < -0.3 is 4.52 Å². The Morgan fingerprint density at radius 2 is 1.92 bits per heavy atom. The van der Waals surface area contributed by atoms with E-state index in [2.05, 4.69) is 9.88 Å². The minimum Gasteiger partial charge on any atom is -0.356 e. The van der Waals surface area contributed by atoms with E-state index in [9.17, 15) is 8.42 Å². The van der Waals surface area contributed by atoms with Crippen LogP contribution in [-0.2, 0) is 16.8 Å². The molecule has 24 heavy (non-hydrogen) atoms. The van der Waals surface area contributed by atoms with Crippen LogP contribution in [0.25, 0.3) is 11.3 Å². The highest BCUT2D eigenvalue weighted by Crippen LogP contribution is 2.23. The van der Waals surface area contributed by atoms with Gasteiger partial charge in [-0.15, -0.1) is 0 Å². The van der Waals surface area contributed by atoms with Gasteiger partial charge in [0.2, 0.25) is 0 Å². The fourth-order valence-electron chi connectivity index (χ4n) is 3.04. The van der Waals surface area contributed by atoms with Crippen molar-refractivity contribution >= 4 is 10.2 Å². The first-order valence-electron chi connectivity index (χ1n) is 8.30. The molecule has 1 heterocycles. The molecule has 0 unspecified atom stereocenters. The summed E-state index contributed by atoms with van der Waals surface area (Å²) in [6.07, 6.45) is 5.24. The number of nitrogens with one attached hydrogen (secondary N) is 1. The van der Waals surface area contributed by atoms with E-state index in [0.29, 0.717) is 11.5 Å². The highest BCUT2D eigenvalue weighted by atomic mass is 32.2. The molecule has 0 amide bonds. The van der Waals surface area contributed by atoms with Gasteiger partial charge in [-0.2, -0.15) is 17.4 Å². The smallest absolute Gasteiger partial charge is 0.279 e. The first-order chi connectivity index (χ1) is 11.6. The Balaban J connectivity index is 1.61. The summed E-state index contributed by atoms with van der Waals surface area (Å²) in [5.41, 5.74) is 1.48. The number of benzene rings is 1. The number of nitrogens with zero attached hydrogens (tertiary/aromatic N) is 2. The van der Waals surface area contributed by atoms with E-state index in [1.165, 1.54) is 10.7 Å². The number of aromatic nitrogens is 1. The molecule has 130 valence electrons. The lowest BCUT2D eigenvalue weighted by molar-refractivity contribution is 0.282.